The topological polar surface area (TPSA) is 50.3 Å². The van der Waals surface area contributed by atoms with E-state index in [0.717, 1.165) is 38.0 Å². The Morgan fingerprint density at radius 1 is 1.00 bits per heavy atom. The number of rotatable bonds is 6. The number of para-hydroxylation sites is 1. The molecule has 1 aromatic heterocycles. The van der Waals surface area contributed by atoms with Crippen molar-refractivity contribution in [2.45, 2.75) is 30.1 Å². The summed E-state index contributed by atoms with van der Waals surface area (Å²) in [7, 11) is -3.16. The van der Waals surface area contributed by atoms with Crippen molar-refractivity contribution in [3.63, 3.8) is 0 Å². The Kier molecular flexibility index (Phi) is 5.57. The normalized spacial score (nSPS) is 16.7. The van der Waals surface area contributed by atoms with Crippen LogP contribution in [0.3, 0.4) is 0 Å². The molecule has 1 aliphatic heterocycles. The van der Waals surface area contributed by atoms with Crippen LogP contribution < -0.4 is 0 Å². The van der Waals surface area contributed by atoms with Gasteiger partial charge in [0.25, 0.3) is 0 Å². The van der Waals surface area contributed by atoms with E-state index in [0.29, 0.717) is 17.2 Å². The van der Waals surface area contributed by atoms with Gasteiger partial charge >= 0.3 is 0 Å². The van der Waals surface area contributed by atoms with Crippen LogP contribution in [0.25, 0.3) is 10.2 Å². The number of thiazole rings is 1. The number of fused-ring (bicyclic) bond motifs is 1. The molecule has 1 fully saturated rings. The summed E-state index contributed by atoms with van der Waals surface area (Å²) >= 11 is 1.81. The third-order valence-electron chi connectivity index (χ3n) is 5.24. The molecule has 142 valence electrons. The largest absolute Gasteiger partial charge is 0.303 e. The van der Waals surface area contributed by atoms with Gasteiger partial charge in [0.2, 0.25) is 0 Å². The zero-order chi connectivity index (χ0) is 18.7. The minimum absolute atomic E-state index is 0.217. The number of hydrogen-bond acceptors (Lipinski definition) is 5. The molecule has 1 aliphatic rings. The molecule has 0 radical (unpaired) electrons. The van der Waals surface area contributed by atoms with E-state index in [2.05, 4.69) is 23.1 Å². The molecule has 0 aliphatic carbocycles. The second-order valence-electron chi connectivity index (χ2n) is 7.12. The minimum atomic E-state index is -3.16. The van der Waals surface area contributed by atoms with Crippen molar-refractivity contribution in [1.82, 2.24) is 9.88 Å². The molecule has 0 atom stereocenters. The summed E-state index contributed by atoms with van der Waals surface area (Å²) in [6.07, 6.45) is 2.89. The quantitative estimate of drug-likeness (QED) is 0.618. The monoisotopic (exact) mass is 400 g/mol. The maximum absolute atomic E-state index is 12.4. The van der Waals surface area contributed by atoms with E-state index in [1.807, 2.05) is 23.5 Å². The molecular formula is C21H24N2O2S2. The van der Waals surface area contributed by atoms with Gasteiger partial charge in [-0.2, -0.15) is 0 Å². The Morgan fingerprint density at radius 3 is 2.44 bits per heavy atom. The number of likely N-dealkylation sites (tertiary alicyclic amines) is 1. The highest BCUT2D eigenvalue weighted by Gasteiger charge is 2.23. The van der Waals surface area contributed by atoms with E-state index in [4.69, 9.17) is 4.98 Å². The first-order chi connectivity index (χ1) is 13.1. The molecule has 4 rings (SSSR count). The number of hydrogen-bond donors (Lipinski definition) is 0. The summed E-state index contributed by atoms with van der Waals surface area (Å²) in [6, 6.07) is 17.1. The number of aromatic nitrogens is 1. The van der Waals surface area contributed by atoms with Crippen LogP contribution in [-0.2, 0) is 9.84 Å². The maximum Gasteiger partial charge on any atom is 0.178 e. The van der Waals surface area contributed by atoms with Crippen molar-refractivity contribution in [1.29, 1.82) is 0 Å². The van der Waals surface area contributed by atoms with E-state index in [1.54, 1.807) is 24.3 Å². The lowest BCUT2D eigenvalue weighted by atomic mass is 9.97. The maximum atomic E-state index is 12.4. The molecular weight excluding hydrogens is 376 g/mol. The average Bonchev–Trinajstić information content (AvgIpc) is 3.13. The van der Waals surface area contributed by atoms with Gasteiger partial charge in [-0.05, 0) is 63.2 Å². The van der Waals surface area contributed by atoms with Gasteiger partial charge in [0.05, 0.1) is 25.9 Å². The van der Waals surface area contributed by atoms with Crippen LogP contribution in [0.4, 0.5) is 0 Å². The van der Waals surface area contributed by atoms with Crippen LogP contribution in [0.5, 0.6) is 0 Å². The van der Waals surface area contributed by atoms with Crippen LogP contribution in [0.2, 0.25) is 0 Å². The van der Waals surface area contributed by atoms with Gasteiger partial charge in [0.1, 0.15) is 0 Å². The summed E-state index contributed by atoms with van der Waals surface area (Å²) in [6.45, 7) is 2.89. The van der Waals surface area contributed by atoms with Crippen LogP contribution in [0.1, 0.15) is 30.2 Å². The highest BCUT2D eigenvalue weighted by Crippen LogP contribution is 2.33. The Labute approximate surface area is 164 Å². The van der Waals surface area contributed by atoms with E-state index in [9.17, 15) is 8.42 Å². The first-order valence-corrected chi connectivity index (χ1v) is 11.9. The fourth-order valence-electron chi connectivity index (χ4n) is 3.69. The molecule has 6 heteroatoms. The van der Waals surface area contributed by atoms with E-state index in [1.165, 1.54) is 9.71 Å². The van der Waals surface area contributed by atoms with Crippen molar-refractivity contribution in [3.05, 3.63) is 59.6 Å². The fourth-order valence-corrected chi connectivity index (χ4v) is 6.15. The van der Waals surface area contributed by atoms with Crippen LogP contribution in [-0.4, -0.2) is 43.7 Å². The van der Waals surface area contributed by atoms with Crippen molar-refractivity contribution in [2.75, 3.05) is 25.4 Å². The van der Waals surface area contributed by atoms with Crippen LogP contribution >= 0.6 is 11.3 Å². The number of sulfone groups is 1. The Bertz CT molecular complexity index is 958. The summed E-state index contributed by atoms with van der Waals surface area (Å²) < 4.78 is 26.0. The minimum Gasteiger partial charge on any atom is -0.303 e. The average molecular weight is 401 g/mol. The second kappa shape index (κ2) is 8.09. The second-order valence-corrected chi connectivity index (χ2v) is 10.3. The molecule has 0 unspecified atom stereocenters. The molecule has 2 aromatic carbocycles. The Morgan fingerprint density at radius 2 is 1.70 bits per heavy atom. The predicted molar refractivity (Wildman–Crippen MR) is 111 cm³/mol. The predicted octanol–water partition coefficient (Wildman–Crippen LogP) is 4.34. The molecule has 0 saturated carbocycles. The number of benzene rings is 2. The number of piperidine rings is 1. The lowest BCUT2D eigenvalue weighted by Gasteiger charge is -2.30. The molecule has 2 heterocycles. The lowest BCUT2D eigenvalue weighted by molar-refractivity contribution is 0.213. The van der Waals surface area contributed by atoms with Gasteiger partial charge in [-0.3, -0.25) is 0 Å². The summed E-state index contributed by atoms with van der Waals surface area (Å²) in [5.74, 6) is 0.751. The highest BCUT2D eigenvalue weighted by molar-refractivity contribution is 7.91. The van der Waals surface area contributed by atoms with Gasteiger partial charge in [-0.15, -0.1) is 11.3 Å². The molecule has 4 nitrogen and oxygen atoms in total. The summed E-state index contributed by atoms with van der Waals surface area (Å²) in [4.78, 5) is 7.63. The van der Waals surface area contributed by atoms with Gasteiger partial charge in [-0.1, -0.05) is 30.3 Å². The fraction of sp³-hybridized carbons (Fsp3) is 0.381. The molecule has 0 spiro atoms. The van der Waals surface area contributed by atoms with Crippen molar-refractivity contribution in [2.24, 2.45) is 0 Å². The highest BCUT2D eigenvalue weighted by atomic mass is 32.2. The van der Waals surface area contributed by atoms with Gasteiger partial charge in [0.15, 0.2) is 9.84 Å². The SMILES string of the molecule is O=S(=O)(CCCN1CCC(c2nc3ccccc3s2)CC1)c1ccccc1. The lowest BCUT2D eigenvalue weighted by Crippen LogP contribution is -2.34. The Balaban J connectivity index is 1.27. The number of nitrogens with zero attached hydrogens (tertiary/aromatic N) is 2. The van der Waals surface area contributed by atoms with E-state index < -0.39 is 9.84 Å². The molecule has 27 heavy (non-hydrogen) atoms. The van der Waals surface area contributed by atoms with Crippen LogP contribution in [0, 0.1) is 0 Å². The first kappa shape index (κ1) is 18.6. The smallest absolute Gasteiger partial charge is 0.178 e. The summed E-state index contributed by atoms with van der Waals surface area (Å²) in [5, 5.41) is 1.25. The third-order valence-corrected chi connectivity index (χ3v) is 8.25. The zero-order valence-corrected chi connectivity index (χ0v) is 16.9. The van der Waals surface area contributed by atoms with E-state index in [-0.39, 0.29) is 5.75 Å². The van der Waals surface area contributed by atoms with Gasteiger partial charge in [0, 0.05) is 5.92 Å². The Hall–Kier alpha value is -1.76. The standard InChI is InChI=1S/C21H24N2O2S2/c24-27(25,18-7-2-1-3-8-18)16-6-13-23-14-11-17(12-15-23)21-22-19-9-4-5-10-20(19)26-21/h1-5,7-10,17H,6,11-16H2. The van der Waals surface area contributed by atoms with Crippen molar-refractivity contribution >= 4 is 31.4 Å². The summed E-state index contributed by atoms with van der Waals surface area (Å²) in [5.41, 5.74) is 1.10. The van der Waals surface area contributed by atoms with Crippen molar-refractivity contribution < 1.29 is 8.42 Å². The van der Waals surface area contributed by atoms with E-state index >= 15 is 0 Å². The van der Waals surface area contributed by atoms with Gasteiger partial charge < -0.3 is 4.90 Å². The molecule has 3 aromatic rings. The molecule has 0 amide bonds. The van der Waals surface area contributed by atoms with Gasteiger partial charge in [-0.25, -0.2) is 13.4 Å². The zero-order valence-electron chi connectivity index (χ0n) is 15.3. The molecule has 0 bridgehead atoms. The third kappa shape index (κ3) is 4.39. The van der Waals surface area contributed by atoms with Crippen LogP contribution in [0.15, 0.2) is 59.5 Å². The molecule has 0 N–H and O–H groups in total. The van der Waals surface area contributed by atoms with Crippen molar-refractivity contribution in [3.8, 4) is 0 Å². The molecule has 1 saturated heterocycles. The first-order valence-electron chi connectivity index (χ1n) is 9.47.